The van der Waals surface area contributed by atoms with Crippen molar-refractivity contribution in [3.63, 3.8) is 0 Å². The number of nitrogens with zero attached hydrogens (tertiary/aromatic N) is 2. The maximum absolute atomic E-state index is 11.0. The van der Waals surface area contributed by atoms with E-state index in [1.807, 2.05) is 11.8 Å². The van der Waals surface area contributed by atoms with E-state index >= 15 is 0 Å². The molecule has 12 heavy (non-hydrogen) atoms. The van der Waals surface area contributed by atoms with Crippen LogP contribution in [-0.4, -0.2) is 48.1 Å². The Hall–Kier alpha value is -0.610. The number of hydrogen-bond acceptors (Lipinski definition) is 3. The monoisotopic (exact) mass is 171 g/mol. The summed E-state index contributed by atoms with van der Waals surface area (Å²) < 4.78 is 0. The van der Waals surface area contributed by atoms with E-state index in [0.717, 1.165) is 26.2 Å². The van der Waals surface area contributed by atoms with Gasteiger partial charge < -0.3 is 10.6 Å². The summed E-state index contributed by atoms with van der Waals surface area (Å²) in [5.41, 5.74) is 5.71. The highest BCUT2D eigenvalue weighted by molar-refractivity contribution is 5.73. The topological polar surface area (TPSA) is 49.6 Å². The molecule has 1 saturated heterocycles. The van der Waals surface area contributed by atoms with E-state index < -0.39 is 0 Å². The summed E-state index contributed by atoms with van der Waals surface area (Å²) in [4.78, 5) is 15.0. The van der Waals surface area contributed by atoms with Crippen molar-refractivity contribution in [2.45, 2.75) is 20.0 Å². The quantitative estimate of drug-likeness (QED) is 0.576. The lowest BCUT2D eigenvalue weighted by molar-refractivity contribution is -0.130. The summed E-state index contributed by atoms with van der Waals surface area (Å²) in [7, 11) is 0. The SMILES string of the molecule is CC(=O)N1CCN(C(C)N)CC1. The van der Waals surface area contributed by atoms with Gasteiger partial charge in [-0.2, -0.15) is 0 Å². The van der Waals surface area contributed by atoms with Crippen LogP contribution in [-0.2, 0) is 4.79 Å². The van der Waals surface area contributed by atoms with Crippen molar-refractivity contribution in [2.75, 3.05) is 26.2 Å². The van der Waals surface area contributed by atoms with Crippen LogP contribution in [0.5, 0.6) is 0 Å². The molecule has 1 rings (SSSR count). The highest BCUT2D eigenvalue weighted by Gasteiger charge is 2.19. The maximum atomic E-state index is 11.0. The zero-order valence-corrected chi connectivity index (χ0v) is 7.79. The van der Waals surface area contributed by atoms with Crippen molar-refractivity contribution >= 4 is 5.91 Å². The summed E-state index contributed by atoms with van der Waals surface area (Å²) in [6.45, 7) is 7.02. The Morgan fingerprint density at radius 3 is 2.17 bits per heavy atom. The van der Waals surface area contributed by atoms with Gasteiger partial charge in [-0.1, -0.05) is 0 Å². The lowest BCUT2D eigenvalue weighted by atomic mass is 10.3. The van der Waals surface area contributed by atoms with Gasteiger partial charge >= 0.3 is 0 Å². The summed E-state index contributed by atoms with van der Waals surface area (Å²) in [5, 5.41) is 0. The van der Waals surface area contributed by atoms with Gasteiger partial charge in [-0.3, -0.25) is 9.69 Å². The smallest absolute Gasteiger partial charge is 0.219 e. The molecule has 1 fully saturated rings. The predicted molar refractivity (Wildman–Crippen MR) is 47.5 cm³/mol. The average Bonchev–Trinajstić information content (AvgIpc) is 2.04. The number of hydrogen-bond donors (Lipinski definition) is 1. The molecule has 1 unspecified atom stereocenters. The van der Waals surface area contributed by atoms with Crippen LogP contribution in [0.2, 0.25) is 0 Å². The standard InChI is InChI=1S/C8H17N3O/c1-7(9)10-3-5-11(6-4-10)8(2)12/h7H,3-6,9H2,1-2H3. The largest absolute Gasteiger partial charge is 0.340 e. The highest BCUT2D eigenvalue weighted by Crippen LogP contribution is 2.02. The Morgan fingerprint density at radius 1 is 1.33 bits per heavy atom. The third-order valence-corrected chi connectivity index (χ3v) is 2.34. The minimum atomic E-state index is 0.110. The Balaban J connectivity index is 2.34. The van der Waals surface area contributed by atoms with Crippen LogP contribution >= 0.6 is 0 Å². The molecule has 2 N–H and O–H groups in total. The molecule has 1 heterocycles. The molecule has 0 aliphatic carbocycles. The molecule has 0 saturated carbocycles. The third kappa shape index (κ3) is 2.19. The van der Waals surface area contributed by atoms with Gasteiger partial charge in [-0.05, 0) is 6.92 Å². The Morgan fingerprint density at radius 2 is 1.83 bits per heavy atom. The summed E-state index contributed by atoms with van der Waals surface area (Å²) in [5.74, 6) is 0.166. The van der Waals surface area contributed by atoms with Crippen LogP contribution in [0.15, 0.2) is 0 Å². The summed E-state index contributed by atoms with van der Waals surface area (Å²) in [6.07, 6.45) is 0.110. The van der Waals surface area contributed by atoms with Gasteiger partial charge in [0.25, 0.3) is 0 Å². The minimum Gasteiger partial charge on any atom is -0.340 e. The van der Waals surface area contributed by atoms with Gasteiger partial charge in [-0.25, -0.2) is 0 Å². The minimum absolute atomic E-state index is 0.110. The first-order chi connectivity index (χ1) is 5.61. The van der Waals surface area contributed by atoms with E-state index in [0.29, 0.717) is 0 Å². The second kappa shape index (κ2) is 3.87. The molecule has 1 atom stereocenters. The molecule has 4 nitrogen and oxygen atoms in total. The molecule has 4 heteroatoms. The fourth-order valence-electron chi connectivity index (χ4n) is 1.44. The van der Waals surface area contributed by atoms with E-state index in [-0.39, 0.29) is 12.1 Å². The van der Waals surface area contributed by atoms with Crippen LogP contribution < -0.4 is 5.73 Å². The number of rotatable bonds is 1. The second-order valence-corrected chi connectivity index (χ2v) is 3.28. The van der Waals surface area contributed by atoms with Gasteiger partial charge in [-0.15, -0.1) is 0 Å². The molecular weight excluding hydrogens is 154 g/mol. The van der Waals surface area contributed by atoms with Crippen LogP contribution in [0, 0.1) is 0 Å². The van der Waals surface area contributed by atoms with Crippen LogP contribution in [0.1, 0.15) is 13.8 Å². The number of carbonyl (C=O) groups is 1. The van der Waals surface area contributed by atoms with Crippen molar-refractivity contribution in [1.82, 2.24) is 9.80 Å². The van der Waals surface area contributed by atoms with Gasteiger partial charge in [0, 0.05) is 33.1 Å². The molecule has 0 spiro atoms. The lowest BCUT2D eigenvalue weighted by Gasteiger charge is -2.36. The van der Waals surface area contributed by atoms with Crippen LogP contribution in [0.25, 0.3) is 0 Å². The summed E-state index contributed by atoms with van der Waals surface area (Å²) in [6, 6.07) is 0. The number of piperazine rings is 1. The molecule has 1 aliphatic rings. The van der Waals surface area contributed by atoms with Gasteiger partial charge in [0.15, 0.2) is 0 Å². The fraction of sp³-hybridized carbons (Fsp3) is 0.875. The highest BCUT2D eigenvalue weighted by atomic mass is 16.2. The van der Waals surface area contributed by atoms with Crippen molar-refractivity contribution < 1.29 is 4.79 Å². The van der Waals surface area contributed by atoms with Crippen molar-refractivity contribution in [1.29, 1.82) is 0 Å². The van der Waals surface area contributed by atoms with E-state index in [2.05, 4.69) is 4.90 Å². The first-order valence-electron chi connectivity index (χ1n) is 4.36. The zero-order valence-electron chi connectivity index (χ0n) is 7.79. The average molecular weight is 171 g/mol. The number of carbonyl (C=O) groups excluding carboxylic acids is 1. The lowest BCUT2D eigenvalue weighted by Crippen LogP contribution is -2.53. The molecule has 1 aliphatic heterocycles. The van der Waals surface area contributed by atoms with E-state index in [1.54, 1.807) is 6.92 Å². The fourth-order valence-corrected chi connectivity index (χ4v) is 1.44. The first-order valence-corrected chi connectivity index (χ1v) is 4.36. The second-order valence-electron chi connectivity index (χ2n) is 3.28. The molecule has 0 aromatic rings. The zero-order chi connectivity index (χ0) is 9.14. The normalized spacial score (nSPS) is 22.4. The molecule has 70 valence electrons. The predicted octanol–water partition coefficient (Wildman–Crippen LogP) is -0.545. The van der Waals surface area contributed by atoms with E-state index in [1.165, 1.54) is 0 Å². The van der Waals surface area contributed by atoms with Crippen molar-refractivity contribution in [3.05, 3.63) is 0 Å². The van der Waals surface area contributed by atoms with Crippen molar-refractivity contribution in [3.8, 4) is 0 Å². The van der Waals surface area contributed by atoms with Crippen molar-refractivity contribution in [2.24, 2.45) is 5.73 Å². The van der Waals surface area contributed by atoms with Crippen LogP contribution in [0.3, 0.4) is 0 Å². The van der Waals surface area contributed by atoms with E-state index in [4.69, 9.17) is 5.73 Å². The van der Waals surface area contributed by atoms with Gasteiger partial charge in [0.05, 0.1) is 6.17 Å². The van der Waals surface area contributed by atoms with E-state index in [9.17, 15) is 4.79 Å². The first kappa shape index (κ1) is 9.48. The Bertz CT molecular complexity index is 162. The molecule has 0 aromatic heterocycles. The Kier molecular flexibility index (Phi) is 3.05. The Labute approximate surface area is 73.3 Å². The summed E-state index contributed by atoms with van der Waals surface area (Å²) >= 11 is 0. The number of amides is 1. The maximum Gasteiger partial charge on any atom is 0.219 e. The molecule has 0 aromatic carbocycles. The van der Waals surface area contributed by atoms with Gasteiger partial charge in [0.2, 0.25) is 5.91 Å². The van der Waals surface area contributed by atoms with Crippen LogP contribution in [0.4, 0.5) is 0 Å². The third-order valence-electron chi connectivity index (χ3n) is 2.34. The molecule has 0 bridgehead atoms. The number of nitrogens with two attached hydrogens (primary N) is 1. The van der Waals surface area contributed by atoms with Gasteiger partial charge in [0.1, 0.15) is 0 Å². The molecular formula is C8H17N3O. The molecule has 0 radical (unpaired) electrons. The molecule has 1 amide bonds.